The molecule has 2 amide bonds. The SMILES string of the molecule is CCCN(C(N)=O)c1cc[c]cc1. The fourth-order valence-electron chi connectivity index (χ4n) is 1.15. The number of rotatable bonds is 3. The maximum atomic E-state index is 11.0. The third-order valence-corrected chi connectivity index (χ3v) is 1.73. The molecule has 69 valence electrons. The van der Waals surface area contributed by atoms with Gasteiger partial charge in [-0.1, -0.05) is 19.1 Å². The van der Waals surface area contributed by atoms with Crippen molar-refractivity contribution in [3.8, 4) is 0 Å². The summed E-state index contributed by atoms with van der Waals surface area (Å²) in [5.74, 6) is 0. The van der Waals surface area contributed by atoms with Crippen molar-refractivity contribution in [2.45, 2.75) is 13.3 Å². The molecule has 0 heterocycles. The second-order valence-electron chi connectivity index (χ2n) is 2.75. The van der Waals surface area contributed by atoms with Gasteiger partial charge in [-0.3, -0.25) is 4.90 Å². The van der Waals surface area contributed by atoms with Crippen molar-refractivity contribution < 1.29 is 4.79 Å². The van der Waals surface area contributed by atoms with Crippen molar-refractivity contribution in [2.75, 3.05) is 11.4 Å². The monoisotopic (exact) mass is 177 g/mol. The van der Waals surface area contributed by atoms with Gasteiger partial charge in [-0.05, 0) is 24.6 Å². The quantitative estimate of drug-likeness (QED) is 0.751. The van der Waals surface area contributed by atoms with E-state index in [0.29, 0.717) is 6.54 Å². The Labute approximate surface area is 78.2 Å². The van der Waals surface area contributed by atoms with Crippen LogP contribution in [0.2, 0.25) is 0 Å². The first kappa shape index (κ1) is 9.58. The zero-order chi connectivity index (χ0) is 9.68. The van der Waals surface area contributed by atoms with Crippen LogP contribution in [0.1, 0.15) is 13.3 Å². The van der Waals surface area contributed by atoms with E-state index in [-0.39, 0.29) is 0 Å². The normalized spacial score (nSPS) is 9.62. The number of carbonyl (C=O) groups is 1. The highest BCUT2D eigenvalue weighted by atomic mass is 16.2. The van der Waals surface area contributed by atoms with E-state index in [4.69, 9.17) is 5.73 Å². The first-order chi connectivity index (χ1) is 6.25. The van der Waals surface area contributed by atoms with Crippen LogP contribution in [-0.4, -0.2) is 12.6 Å². The predicted octanol–water partition coefficient (Wildman–Crippen LogP) is 1.78. The van der Waals surface area contributed by atoms with Gasteiger partial charge in [0.2, 0.25) is 0 Å². The molecule has 0 atom stereocenters. The molecule has 0 aromatic heterocycles. The van der Waals surface area contributed by atoms with E-state index in [2.05, 4.69) is 6.07 Å². The molecule has 1 aromatic rings. The summed E-state index contributed by atoms with van der Waals surface area (Å²) in [6.07, 6.45) is 0.890. The fraction of sp³-hybridized carbons (Fsp3) is 0.300. The molecule has 0 saturated heterocycles. The van der Waals surface area contributed by atoms with Gasteiger partial charge in [-0.2, -0.15) is 0 Å². The number of primary amides is 1. The van der Waals surface area contributed by atoms with Crippen molar-refractivity contribution in [3.05, 3.63) is 30.3 Å². The molecule has 0 spiro atoms. The minimum absolute atomic E-state index is 0.409. The number of anilines is 1. The lowest BCUT2D eigenvalue weighted by Gasteiger charge is -2.19. The van der Waals surface area contributed by atoms with Gasteiger partial charge in [0.1, 0.15) is 0 Å². The molecule has 0 saturated carbocycles. The van der Waals surface area contributed by atoms with Gasteiger partial charge >= 0.3 is 6.03 Å². The minimum atomic E-state index is -0.409. The summed E-state index contributed by atoms with van der Waals surface area (Å²) >= 11 is 0. The highest BCUT2D eigenvalue weighted by molar-refractivity contribution is 5.90. The van der Waals surface area contributed by atoms with Gasteiger partial charge in [-0.25, -0.2) is 4.79 Å². The molecule has 0 aliphatic rings. The van der Waals surface area contributed by atoms with Gasteiger partial charge in [0.05, 0.1) is 0 Å². The molecule has 1 radical (unpaired) electrons. The summed E-state index contributed by atoms with van der Waals surface area (Å²) in [7, 11) is 0. The van der Waals surface area contributed by atoms with E-state index in [1.54, 1.807) is 17.0 Å². The molecule has 3 nitrogen and oxygen atoms in total. The van der Waals surface area contributed by atoms with E-state index in [1.165, 1.54) is 0 Å². The average Bonchev–Trinajstić information content (AvgIpc) is 2.15. The highest BCUT2D eigenvalue weighted by Crippen LogP contribution is 2.12. The summed E-state index contributed by atoms with van der Waals surface area (Å²) in [6, 6.07) is 9.65. The van der Waals surface area contributed by atoms with E-state index >= 15 is 0 Å². The largest absolute Gasteiger partial charge is 0.351 e. The maximum Gasteiger partial charge on any atom is 0.319 e. The van der Waals surface area contributed by atoms with Crippen molar-refractivity contribution in [2.24, 2.45) is 5.73 Å². The van der Waals surface area contributed by atoms with E-state index in [1.807, 2.05) is 19.1 Å². The molecule has 0 aliphatic heterocycles. The summed E-state index contributed by atoms with van der Waals surface area (Å²) in [4.78, 5) is 12.6. The van der Waals surface area contributed by atoms with Crippen LogP contribution in [0.25, 0.3) is 0 Å². The zero-order valence-corrected chi connectivity index (χ0v) is 7.66. The van der Waals surface area contributed by atoms with Crippen LogP contribution in [0.3, 0.4) is 0 Å². The number of amides is 2. The topological polar surface area (TPSA) is 46.3 Å². The second-order valence-corrected chi connectivity index (χ2v) is 2.75. The molecule has 0 unspecified atom stereocenters. The summed E-state index contributed by atoms with van der Waals surface area (Å²) in [6.45, 7) is 2.66. The standard InChI is InChI=1S/C10H13N2O/c1-2-8-12(10(11)13)9-6-4-3-5-7-9/h4-7H,2,8H2,1H3,(H2,11,13). The molecule has 13 heavy (non-hydrogen) atoms. The molecule has 1 aromatic carbocycles. The smallest absolute Gasteiger partial charge is 0.319 e. The predicted molar refractivity (Wildman–Crippen MR) is 52.5 cm³/mol. The molecular formula is C10H13N2O. The van der Waals surface area contributed by atoms with Gasteiger partial charge in [0, 0.05) is 12.2 Å². The zero-order valence-electron chi connectivity index (χ0n) is 7.66. The fourth-order valence-corrected chi connectivity index (χ4v) is 1.15. The molecule has 0 fully saturated rings. The van der Waals surface area contributed by atoms with E-state index in [9.17, 15) is 4.79 Å². The van der Waals surface area contributed by atoms with E-state index < -0.39 is 6.03 Å². The lowest BCUT2D eigenvalue weighted by atomic mass is 10.3. The number of benzene rings is 1. The Morgan fingerprint density at radius 2 is 2.15 bits per heavy atom. The van der Waals surface area contributed by atoms with Crippen LogP contribution in [0.15, 0.2) is 24.3 Å². The number of carbonyl (C=O) groups excluding carboxylic acids is 1. The molecule has 0 bridgehead atoms. The van der Waals surface area contributed by atoms with Crippen LogP contribution >= 0.6 is 0 Å². The second kappa shape index (κ2) is 4.50. The van der Waals surface area contributed by atoms with Crippen molar-refractivity contribution >= 4 is 11.7 Å². The molecule has 1 rings (SSSR count). The lowest BCUT2D eigenvalue weighted by Crippen LogP contribution is -2.36. The Morgan fingerprint density at radius 3 is 2.62 bits per heavy atom. The lowest BCUT2D eigenvalue weighted by molar-refractivity contribution is 0.254. The Bertz CT molecular complexity index is 272. The summed E-state index contributed by atoms with van der Waals surface area (Å²) < 4.78 is 0. The van der Waals surface area contributed by atoms with Crippen LogP contribution < -0.4 is 10.6 Å². The third kappa shape index (κ3) is 2.47. The van der Waals surface area contributed by atoms with Gasteiger partial charge in [0.25, 0.3) is 0 Å². The average molecular weight is 177 g/mol. The molecule has 2 N–H and O–H groups in total. The van der Waals surface area contributed by atoms with Gasteiger partial charge in [0.15, 0.2) is 0 Å². The first-order valence-corrected chi connectivity index (χ1v) is 4.28. The van der Waals surface area contributed by atoms with E-state index in [0.717, 1.165) is 12.1 Å². The molecular weight excluding hydrogens is 164 g/mol. The number of urea groups is 1. The maximum absolute atomic E-state index is 11.0. The molecule has 3 heteroatoms. The van der Waals surface area contributed by atoms with Gasteiger partial charge in [-0.15, -0.1) is 0 Å². The third-order valence-electron chi connectivity index (χ3n) is 1.73. The van der Waals surface area contributed by atoms with Crippen molar-refractivity contribution in [3.63, 3.8) is 0 Å². The Kier molecular flexibility index (Phi) is 3.31. The van der Waals surface area contributed by atoms with Crippen LogP contribution in [0.5, 0.6) is 0 Å². The summed E-state index contributed by atoms with van der Waals surface area (Å²) in [5.41, 5.74) is 6.06. The molecule has 0 aliphatic carbocycles. The minimum Gasteiger partial charge on any atom is -0.351 e. The Hall–Kier alpha value is -1.51. The van der Waals surface area contributed by atoms with Crippen LogP contribution in [0, 0.1) is 6.07 Å². The van der Waals surface area contributed by atoms with Crippen molar-refractivity contribution in [1.29, 1.82) is 0 Å². The Balaban J connectivity index is 2.82. The number of nitrogens with zero attached hydrogens (tertiary/aromatic N) is 1. The van der Waals surface area contributed by atoms with Crippen molar-refractivity contribution in [1.82, 2.24) is 0 Å². The first-order valence-electron chi connectivity index (χ1n) is 4.28. The van der Waals surface area contributed by atoms with Crippen LogP contribution in [0.4, 0.5) is 10.5 Å². The summed E-state index contributed by atoms with van der Waals surface area (Å²) in [5, 5.41) is 0. The van der Waals surface area contributed by atoms with Crippen LogP contribution in [-0.2, 0) is 0 Å². The highest BCUT2D eigenvalue weighted by Gasteiger charge is 2.09. The Morgan fingerprint density at radius 1 is 1.54 bits per heavy atom. The van der Waals surface area contributed by atoms with Gasteiger partial charge < -0.3 is 5.73 Å². The number of hydrogen-bond acceptors (Lipinski definition) is 1. The number of nitrogens with two attached hydrogens (primary N) is 1. The number of hydrogen-bond donors (Lipinski definition) is 1.